The fourth-order valence-corrected chi connectivity index (χ4v) is 3.12. The zero-order valence-electron chi connectivity index (χ0n) is 13.2. The summed E-state index contributed by atoms with van der Waals surface area (Å²) in [7, 11) is 0. The number of hydrogen-bond donors (Lipinski definition) is 0. The van der Waals surface area contributed by atoms with E-state index < -0.39 is 0 Å². The molecule has 120 valence electrons. The lowest BCUT2D eigenvalue weighted by Gasteiger charge is -2.28. The number of piperidine rings is 1. The van der Waals surface area contributed by atoms with E-state index in [1.54, 1.807) is 19.3 Å². The molecule has 0 N–H and O–H groups in total. The first kappa shape index (κ1) is 15.1. The third-order valence-electron chi connectivity index (χ3n) is 4.61. The van der Waals surface area contributed by atoms with Crippen LogP contribution in [0.3, 0.4) is 0 Å². The van der Waals surface area contributed by atoms with Crippen LogP contribution in [0.5, 0.6) is 0 Å². The van der Waals surface area contributed by atoms with Gasteiger partial charge in [0.05, 0.1) is 11.8 Å². The first-order valence-electron chi connectivity index (χ1n) is 8.29. The van der Waals surface area contributed by atoms with E-state index in [0.29, 0.717) is 30.3 Å². The first-order chi connectivity index (χ1) is 10.7. The van der Waals surface area contributed by atoms with Gasteiger partial charge in [-0.3, -0.25) is 9.59 Å². The Kier molecular flexibility index (Phi) is 4.50. The van der Waals surface area contributed by atoms with Crippen LogP contribution in [-0.4, -0.2) is 47.3 Å². The molecule has 3 rings (SSSR count). The first-order valence-corrected chi connectivity index (χ1v) is 8.29. The number of carbonyl (C=O) groups excluding carboxylic acids is 2. The summed E-state index contributed by atoms with van der Waals surface area (Å²) >= 11 is 0. The predicted octanol–water partition coefficient (Wildman–Crippen LogP) is 2.60. The standard InChI is InChI=1S/C17H24N2O3/c1-13-15(8-12-22-13)17(21)19(14-5-6-14)11-7-16(20)18-9-3-2-4-10-18/h8,12,14H,2-7,9-11H2,1H3. The van der Waals surface area contributed by atoms with Crippen LogP contribution in [0.4, 0.5) is 0 Å². The molecule has 2 fully saturated rings. The third kappa shape index (κ3) is 3.34. The van der Waals surface area contributed by atoms with Crippen molar-refractivity contribution >= 4 is 11.8 Å². The molecule has 1 aromatic rings. The lowest BCUT2D eigenvalue weighted by atomic mass is 10.1. The molecule has 1 aliphatic carbocycles. The summed E-state index contributed by atoms with van der Waals surface area (Å²) in [5.74, 6) is 0.834. The fraction of sp³-hybridized carbons (Fsp3) is 0.647. The van der Waals surface area contributed by atoms with Crippen molar-refractivity contribution in [3.05, 3.63) is 23.7 Å². The third-order valence-corrected chi connectivity index (χ3v) is 4.61. The molecule has 22 heavy (non-hydrogen) atoms. The minimum absolute atomic E-state index is 0.000180. The smallest absolute Gasteiger partial charge is 0.257 e. The van der Waals surface area contributed by atoms with Crippen molar-refractivity contribution in [3.63, 3.8) is 0 Å². The van der Waals surface area contributed by atoms with Gasteiger partial charge in [0.25, 0.3) is 5.91 Å². The Morgan fingerprint density at radius 2 is 2.00 bits per heavy atom. The van der Waals surface area contributed by atoms with E-state index in [9.17, 15) is 9.59 Å². The Morgan fingerprint density at radius 1 is 1.27 bits per heavy atom. The van der Waals surface area contributed by atoms with E-state index in [2.05, 4.69) is 0 Å². The second-order valence-corrected chi connectivity index (χ2v) is 6.31. The van der Waals surface area contributed by atoms with Crippen molar-refractivity contribution in [2.45, 2.75) is 51.5 Å². The van der Waals surface area contributed by atoms with Crippen LogP contribution in [0.25, 0.3) is 0 Å². The molecular formula is C17H24N2O3. The lowest BCUT2D eigenvalue weighted by molar-refractivity contribution is -0.132. The fourth-order valence-electron chi connectivity index (χ4n) is 3.12. The molecule has 0 spiro atoms. The summed E-state index contributed by atoms with van der Waals surface area (Å²) in [6.07, 6.45) is 7.49. The highest BCUT2D eigenvalue weighted by Crippen LogP contribution is 2.29. The second kappa shape index (κ2) is 6.55. The van der Waals surface area contributed by atoms with E-state index in [-0.39, 0.29) is 11.8 Å². The maximum atomic E-state index is 12.6. The van der Waals surface area contributed by atoms with Gasteiger partial charge in [0.1, 0.15) is 5.76 Å². The van der Waals surface area contributed by atoms with Gasteiger partial charge < -0.3 is 14.2 Å². The minimum Gasteiger partial charge on any atom is -0.469 e. The van der Waals surface area contributed by atoms with Crippen LogP contribution in [0.1, 0.15) is 54.6 Å². The molecule has 0 bridgehead atoms. The van der Waals surface area contributed by atoms with Crippen molar-refractivity contribution in [2.24, 2.45) is 0 Å². The Morgan fingerprint density at radius 3 is 2.59 bits per heavy atom. The van der Waals surface area contributed by atoms with Gasteiger partial charge >= 0.3 is 0 Å². The Hall–Kier alpha value is -1.78. The summed E-state index contributed by atoms with van der Waals surface area (Å²) in [5, 5.41) is 0. The normalized spacial score (nSPS) is 18.3. The van der Waals surface area contributed by atoms with E-state index in [4.69, 9.17) is 4.42 Å². The van der Waals surface area contributed by atoms with Crippen molar-refractivity contribution in [3.8, 4) is 0 Å². The van der Waals surface area contributed by atoms with Crippen molar-refractivity contribution < 1.29 is 14.0 Å². The average molecular weight is 304 g/mol. The van der Waals surface area contributed by atoms with Crippen LogP contribution < -0.4 is 0 Å². The Bertz CT molecular complexity index is 542. The molecule has 2 heterocycles. The zero-order valence-corrected chi connectivity index (χ0v) is 13.2. The van der Waals surface area contributed by atoms with Crippen LogP contribution in [0.15, 0.2) is 16.7 Å². The van der Waals surface area contributed by atoms with Gasteiger partial charge in [-0.15, -0.1) is 0 Å². The van der Waals surface area contributed by atoms with E-state index in [0.717, 1.165) is 38.8 Å². The molecule has 1 saturated heterocycles. The largest absolute Gasteiger partial charge is 0.469 e. The molecule has 5 heteroatoms. The molecule has 1 aliphatic heterocycles. The average Bonchev–Trinajstić information content (AvgIpc) is 3.28. The minimum atomic E-state index is 0.000180. The zero-order chi connectivity index (χ0) is 15.5. The molecule has 0 radical (unpaired) electrons. The molecule has 0 atom stereocenters. The van der Waals surface area contributed by atoms with Crippen LogP contribution in [0, 0.1) is 6.92 Å². The van der Waals surface area contributed by atoms with Gasteiger partial charge in [0.15, 0.2) is 0 Å². The van der Waals surface area contributed by atoms with Gasteiger partial charge in [0, 0.05) is 32.1 Å². The van der Waals surface area contributed by atoms with Crippen LogP contribution in [0.2, 0.25) is 0 Å². The maximum absolute atomic E-state index is 12.6. The number of carbonyl (C=O) groups is 2. The van der Waals surface area contributed by atoms with Crippen LogP contribution >= 0.6 is 0 Å². The summed E-state index contributed by atoms with van der Waals surface area (Å²) in [6, 6.07) is 2.02. The highest BCUT2D eigenvalue weighted by atomic mass is 16.3. The van der Waals surface area contributed by atoms with Gasteiger partial charge in [-0.1, -0.05) is 0 Å². The number of nitrogens with zero attached hydrogens (tertiary/aromatic N) is 2. The molecule has 0 aromatic carbocycles. The number of amides is 2. The summed E-state index contributed by atoms with van der Waals surface area (Å²) in [5.41, 5.74) is 0.623. The summed E-state index contributed by atoms with van der Waals surface area (Å²) in [4.78, 5) is 28.7. The van der Waals surface area contributed by atoms with E-state index >= 15 is 0 Å². The topological polar surface area (TPSA) is 53.8 Å². The molecule has 2 amide bonds. The monoisotopic (exact) mass is 304 g/mol. The number of rotatable bonds is 5. The SMILES string of the molecule is Cc1occc1C(=O)N(CCC(=O)N1CCCCC1)C1CC1. The summed E-state index contributed by atoms with van der Waals surface area (Å²) in [6.45, 7) is 4.06. The molecule has 5 nitrogen and oxygen atoms in total. The van der Waals surface area contributed by atoms with Crippen molar-refractivity contribution in [2.75, 3.05) is 19.6 Å². The second-order valence-electron chi connectivity index (χ2n) is 6.31. The Balaban J connectivity index is 1.59. The van der Waals surface area contributed by atoms with Gasteiger partial charge in [0.2, 0.25) is 5.91 Å². The van der Waals surface area contributed by atoms with Crippen molar-refractivity contribution in [1.82, 2.24) is 9.80 Å². The molecule has 1 aromatic heterocycles. The highest BCUT2D eigenvalue weighted by Gasteiger charge is 2.34. The molecule has 1 saturated carbocycles. The van der Waals surface area contributed by atoms with Gasteiger partial charge in [-0.25, -0.2) is 0 Å². The van der Waals surface area contributed by atoms with Gasteiger partial charge in [-0.05, 0) is 45.1 Å². The molecule has 2 aliphatic rings. The molecular weight excluding hydrogens is 280 g/mol. The lowest BCUT2D eigenvalue weighted by Crippen LogP contribution is -2.40. The highest BCUT2D eigenvalue weighted by molar-refractivity contribution is 5.95. The molecule has 0 unspecified atom stereocenters. The van der Waals surface area contributed by atoms with Crippen LogP contribution in [-0.2, 0) is 4.79 Å². The summed E-state index contributed by atoms with van der Waals surface area (Å²) < 4.78 is 5.23. The van der Waals surface area contributed by atoms with Crippen molar-refractivity contribution in [1.29, 1.82) is 0 Å². The van der Waals surface area contributed by atoms with Gasteiger partial charge in [-0.2, -0.15) is 0 Å². The number of hydrogen-bond acceptors (Lipinski definition) is 3. The number of aryl methyl sites for hydroxylation is 1. The predicted molar refractivity (Wildman–Crippen MR) is 82.6 cm³/mol. The van der Waals surface area contributed by atoms with E-state index in [1.807, 2.05) is 9.80 Å². The number of likely N-dealkylation sites (tertiary alicyclic amines) is 1. The number of furan rings is 1. The maximum Gasteiger partial charge on any atom is 0.257 e. The Labute approximate surface area is 131 Å². The quantitative estimate of drug-likeness (QED) is 0.840. The van der Waals surface area contributed by atoms with E-state index in [1.165, 1.54) is 6.42 Å².